The molecule has 0 radical (unpaired) electrons. The summed E-state index contributed by atoms with van der Waals surface area (Å²) in [6.45, 7) is 4.51. The number of sulfonamides is 1. The van der Waals surface area contributed by atoms with Gasteiger partial charge in [-0.25, -0.2) is 12.8 Å². The Morgan fingerprint density at radius 2 is 1.51 bits per heavy atom. The quantitative estimate of drug-likeness (QED) is 0.349. The average molecular weight is 556 g/mol. The number of para-hydroxylation sites is 1. The second-order valence-corrected chi connectivity index (χ2v) is 11.2. The van der Waals surface area contributed by atoms with Crippen molar-refractivity contribution in [1.29, 1.82) is 0 Å². The molecular formula is C29H34FN3O5S. The summed E-state index contributed by atoms with van der Waals surface area (Å²) in [6, 6.07) is 20.2. The van der Waals surface area contributed by atoms with Crippen LogP contribution in [-0.4, -0.2) is 50.0 Å². The molecule has 1 N–H and O–H groups in total. The summed E-state index contributed by atoms with van der Waals surface area (Å²) in [5, 5.41) is 2.83. The molecule has 0 aromatic heterocycles. The Bertz CT molecular complexity index is 1370. The second kappa shape index (κ2) is 13.2. The molecule has 0 fully saturated rings. The molecule has 0 aliphatic heterocycles. The molecule has 10 heteroatoms. The van der Waals surface area contributed by atoms with Crippen LogP contribution >= 0.6 is 0 Å². The van der Waals surface area contributed by atoms with E-state index in [1.165, 1.54) is 42.2 Å². The lowest BCUT2D eigenvalue weighted by Gasteiger charge is -2.32. The van der Waals surface area contributed by atoms with Crippen LogP contribution < -0.4 is 14.4 Å². The fourth-order valence-corrected chi connectivity index (χ4v) is 4.63. The topological polar surface area (TPSA) is 96.0 Å². The zero-order valence-electron chi connectivity index (χ0n) is 22.5. The van der Waals surface area contributed by atoms with Gasteiger partial charge < -0.3 is 15.0 Å². The molecule has 3 rings (SSSR count). The highest BCUT2D eigenvalue weighted by Crippen LogP contribution is 2.26. The van der Waals surface area contributed by atoms with Crippen molar-refractivity contribution in [1.82, 2.24) is 10.2 Å². The number of nitrogens with one attached hydrogen (secondary N) is 1. The van der Waals surface area contributed by atoms with Gasteiger partial charge in [-0.3, -0.25) is 13.9 Å². The van der Waals surface area contributed by atoms with E-state index in [-0.39, 0.29) is 23.8 Å². The minimum atomic E-state index is -3.90. The van der Waals surface area contributed by atoms with Crippen molar-refractivity contribution in [3.8, 4) is 11.5 Å². The summed E-state index contributed by atoms with van der Waals surface area (Å²) >= 11 is 0. The monoisotopic (exact) mass is 555 g/mol. The van der Waals surface area contributed by atoms with E-state index in [1.807, 2.05) is 32.0 Å². The number of benzene rings is 3. The van der Waals surface area contributed by atoms with E-state index in [0.717, 1.165) is 10.6 Å². The number of carbonyl (C=O) groups excluding carboxylic acids is 2. The molecule has 3 aromatic rings. The van der Waals surface area contributed by atoms with Crippen LogP contribution in [-0.2, 0) is 26.2 Å². The van der Waals surface area contributed by atoms with E-state index in [4.69, 9.17) is 4.74 Å². The summed E-state index contributed by atoms with van der Waals surface area (Å²) in [6.07, 6.45) is 1.68. The maximum atomic E-state index is 14.5. The Hall–Kier alpha value is -3.92. The van der Waals surface area contributed by atoms with E-state index in [2.05, 4.69) is 5.32 Å². The summed E-state index contributed by atoms with van der Waals surface area (Å²) in [5.74, 6) is -0.489. The van der Waals surface area contributed by atoms with Crippen LogP contribution in [0.15, 0.2) is 78.9 Å². The van der Waals surface area contributed by atoms with Crippen molar-refractivity contribution < 1.29 is 27.1 Å². The van der Waals surface area contributed by atoms with Gasteiger partial charge >= 0.3 is 0 Å². The molecule has 0 saturated heterocycles. The molecule has 0 aliphatic carbocycles. The first kappa shape index (κ1) is 29.6. The number of hydrogen-bond donors (Lipinski definition) is 1. The van der Waals surface area contributed by atoms with Crippen LogP contribution in [0.1, 0.15) is 32.8 Å². The Kier molecular flexibility index (Phi) is 10.1. The standard InChI is InChI=1S/C29H34FN3O5S/c1-5-21(2)31-29(35)22(3)32(19-23-11-9-10-14-27(23)30)28(34)20-33(39(4,36)37)24-15-17-26(18-16-24)38-25-12-7-6-8-13-25/h6-18,21-22H,5,19-20H2,1-4H3,(H,31,35). The number of nitrogens with zero attached hydrogens (tertiary/aromatic N) is 2. The summed E-state index contributed by atoms with van der Waals surface area (Å²) in [4.78, 5) is 27.7. The van der Waals surface area contributed by atoms with Gasteiger partial charge in [-0.2, -0.15) is 0 Å². The van der Waals surface area contributed by atoms with Crippen LogP contribution in [0.25, 0.3) is 0 Å². The highest BCUT2D eigenvalue weighted by atomic mass is 32.2. The number of hydrogen-bond acceptors (Lipinski definition) is 5. The van der Waals surface area contributed by atoms with Gasteiger partial charge in [0.25, 0.3) is 0 Å². The van der Waals surface area contributed by atoms with Gasteiger partial charge in [0.05, 0.1) is 11.9 Å². The third-order valence-corrected chi connectivity index (χ3v) is 7.39. The first-order valence-electron chi connectivity index (χ1n) is 12.6. The highest BCUT2D eigenvalue weighted by molar-refractivity contribution is 7.92. The molecule has 39 heavy (non-hydrogen) atoms. The lowest BCUT2D eigenvalue weighted by atomic mass is 10.1. The van der Waals surface area contributed by atoms with Crippen LogP contribution in [0.3, 0.4) is 0 Å². The van der Waals surface area contributed by atoms with Crippen molar-refractivity contribution in [2.75, 3.05) is 17.1 Å². The van der Waals surface area contributed by atoms with Crippen LogP contribution in [0.2, 0.25) is 0 Å². The smallest absolute Gasteiger partial charge is 0.244 e. The third kappa shape index (κ3) is 8.28. The molecule has 0 spiro atoms. The lowest BCUT2D eigenvalue weighted by molar-refractivity contribution is -0.139. The van der Waals surface area contributed by atoms with Crippen molar-refractivity contribution in [3.05, 3.63) is 90.2 Å². The molecular weight excluding hydrogens is 521 g/mol. The summed E-state index contributed by atoms with van der Waals surface area (Å²) < 4.78 is 46.7. The van der Waals surface area contributed by atoms with Gasteiger partial charge in [0, 0.05) is 18.2 Å². The molecule has 0 bridgehead atoms. The zero-order valence-corrected chi connectivity index (χ0v) is 23.3. The van der Waals surface area contributed by atoms with Crippen molar-refractivity contribution in [2.24, 2.45) is 0 Å². The van der Waals surface area contributed by atoms with Gasteiger partial charge in [0.2, 0.25) is 21.8 Å². The maximum absolute atomic E-state index is 14.5. The Morgan fingerprint density at radius 3 is 2.10 bits per heavy atom. The van der Waals surface area contributed by atoms with Crippen molar-refractivity contribution in [3.63, 3.8) is 0 Å². The Morgan fingerprint density at radius 1 is 0.923 bits per heavy atom. The molecule has 2 amide bonds. The molecule has 8 nitrogen and oxygen atoms in total. The van der Waals surface area contributed by atoms with Gasteiger partial charge in [-0.05, 0) is 62.7 Å². The molecule has 208 valence electrons. The molecule has 0 saturated carbocycles. The minimum absolute atomic E-state index is 0.130. The predicted octanol–water partition coefficient (Wildman–Crippen LogP) is 4.72. The summed E-state index contributed by atoms with van der Waals surface area (Å²) in [7, 11) is -3.90. The number of rotatable bonds is 12. The number of carbonyl (C=O) groups is 2. The van der Waals surface area contributed by atoms with E-state index in [9.17, 15) is 22.4 Å². The van der Waals surface area contributed by atoms with Crippen LogP contribution in [0, 0.1) is 5.82 Å². The van der Waals surface area contributed by atoms with E-state index < -0.39 is 40.2 Å². The van der Waals surface area contributed by atoms with E-state index in [1.54, 1.807) is 30.3 Å². The van der Waals surface area contributed by atoms with Gasteiger partial charge in [-0.15, -0.1) is 0 Å². The number of halogens is 1. The first-order chi connectivity index (χ1) is 18.5. The average Bonchev–Trinajstić information content (AvgIpc) is 2.91. The number of ether oxygens (including phenoxy) is 1. The minimum Gasteiger partial charge on any atom is -0.457 e. The van der Waals surface area contributed by atoms with E-state index in [0.29, 0.717) is 17.9 Å². The fourth-order valence-electron chi connectivity index (χ4n) is 3.78. The second-order valence-electron chi connectivity index (χ2n) is 9.29. The van der Waals surface area contributed by atoms with Gasteiger partial charge in [-0.1, -0.05) is 43.3 Å². The van der Waals surface area contributed by atoms with Crippen molar-refractivity contribution in [2.45, 2.75) is 45.8 Å². The molecule has 0 heterocycles. The van der Waals surface area contributed by atoms with Crippen molar-refractivity contribution >= 4 is 27.5 Å². The summed E-state index contributed by atoms with van der Waals surface area (Å²) in [5.41, 5.74) is 0.455. The van der Waals surface area contributed by atoms with Crippen LogP contribution in [0.4, 0.5) is 10.1 Å². The van der Waals surface area contributed by atoms with Gasteiger partial charge in [0.15, 0.2) is 0 Å². The molecule has 3 aromatic carbocycles. The zero-order chi connectivity index (χ0) is 28.6. The van der Waals surface area contributed by atoms with Gasteiger partial charge in [0.1, 0.15) is 29.9 Å². The Balaban J connectivity index is 1.87. The highest BCUT2D eigenvalue weighted by Gasteiger charge is 2.31. The maximum Gasteiger partial charge on any atom is 0.244 e. The predicted molar refractivity (Wildman–Crippen MR) is 149 cm³/mol. The SMILES string of the molecule is CCC(C)NC(=O)C(C)N(Cc1ccccc1F)C(=O)CN(c1ccc(Oc2ccccc2)cc1)S(C)(=O)=O. The normalized spacial score (nSPS) is 12.7. The Labute approximate surface area is 229 Å². The number of amides is 2. The van der Waals surface area contributed by atoms with Crippen LogP contribution in [0.5, 0.6) is 11.5 Å². The third-order valence-electron chi connectivity index (χ3n) is 6.25. The molecule has 2 unspecified atom stereocenters. The number of anilines is 1. The largest absolute Gasteiger partial charge is 0.457 e. The molecule has 0 aliphatic rings. The fraction of sp³-hybridized carbons (Fsp3) is 0.310. The first-order valence-corrected chi connectivity index (χ1v) is 14.5. The lowest BCUT2D eigenvalue weighted by Crippen LogP contribution is -2.52. The van der Waals surface area contributed by atoms with E-state index >= 15 is 0 Å². The molecule has 2 atom stereocenters.